The summed E-state index contributed by atoms with van der Waals surface area (Å²) >= 11 is 0. The minimum absolute atomic E-state index is 0.0331. The van der Waals surface area contributed by atoms with E-state index in [0.29, 0.717) is 44.2 Å². The molecule has 0 aliphatic heterocycles. The Morgan fingerprint density at radius 3 is 2.57 bits per heavy atom. The molecule has 0 heterocycles. The van der Waals surface area contributed by atoms with Crippen LogP contribution in [0.2, 0.25) is 0 Å². The van der Waals surface area contributed by atoms with E-state index in [1.54, 1.807) is 31.2 Å². The maximum atomic E-state index is 11.4. The summed E-state index contributed by atoms with van der Waals surface area (Å²) in [6.07, 6.45) is 4.63. The smallest absolute Gasteiger partial charge is 0.330 e. The summed E-state index contributed by atoms with van der Waals surface area (Å²) in [6.45, 7) is 6.27. The molecular formula is C22H30O8. The second-order valence-electron chi connectivity index (χ2n) is 6.11. The maximum Gasteiger partial charge on any atom is 0.330 e. The van der Waals surface area contributed by atoms with Gasteiger partial charge in [0.2, 0.25) is 0 Å². The summed E-state index contributed by atoms with van der Waals surface area (Å²) in [7, 11) is 1.51. The summed E-state index contributed by atoms with van der Waals surface area (Å²) in [5.41, 5.74) is 0.745. The van der Waals surface area contributed by atoms with E-state index < -0.39 is 18.0 Å². The largest absolute Gasteiger partial charge is 0.493 e. The van der Waals surface area contributed by atoms with Gasteiger partial charge in [0.25, 0.3) is 0 Å². The standard InChI is InChI=1S/C22H30O8/c1-4-21(24)29-13-7-6-12-27-15-18(23)16-30-19-10-8-17(14-20(19)26-3)9-11-22(25)28-5-2/h4,8-11,14,18,23H,1,5-7,12-13,15-16H2,2-3H3/b11-9+. The number of carbonyl (C=O) groups excluding carboxylic acids is 2. The summed E-state index contributed by atoms with van der Waals surface area (Å²) in [5.74, 6) is 0.0803. The average molecular weight is 422 g/mol. The van der Waals surface area contributed by atoms with E-state index in [1.165, 1.54) is 13.2 Å². The van der Waals surface area contributed by atoms with Crippen LogP contribution in [0.5, 0.6) is 11.5 Å². The van der Waals surface area contributed by atoms with Crippen LogP contribution in [0.4, 0.5) is 0 Å². The molecule has 0 spiro atoms. The van der Waals surface area contributed by atoms with Gasteiger partial charge in [-0.2, -0.15) is 0 Å². The molecule has 0 aliphatic rings. The molecule has 166 valence electrons. The van der Waals surface area contributed by atoms with Crippen molar-refractivity contribution in [3.05, 3.63) is 42.5 Å². The van der Waals surface area contributed by atoms with E-state index in [2.05, 4.69) is 6.58 Å². The van der Waals surface area contributed by atoms with Gasteiger partial charge in [0, 0.05) is 18.8 Å². The number of methoxy groups -OCH3 is 1. The number of aliphatic hydroxyl groups is 1. The molecule has 1 unspecified atom stereocenters. The summed E-state index contributed by atoms with van der Waals surface area (Å²) in [6, 6.07) is 5.17. The van der Waals surface area contributed by atoms with E-state index in [4.69, 9.17) is 23.7 Å². The van der Waals surface area contributed by atoms with Crippen LogP contribution in [0.15, 0.2) is 36.9 Å². The number of esters is 2. The number of aliphatic hydroxyl groups excluding tert-OH is 1. The molecule has 0 fully saturated rings. The highest BCUT2D eigenvalue weighted by Gasteiger charge is 2.10. The third kappa shape index (κ3) is 10.6. The number of carbonyl (C=O) groups is 2. The van der Waals surface area contributed by atoms with Crippen LogP contribution < -0.4 is 9.47 Å². The molecule has 1 N–H and O–H groups in total. The van der Waals surface area contributed by atoms with Gasteiger partial charge in [-0.1, -0.05) is 12.6 Å². The predicted molar refractivity (Wildman–Crippen MR) is 111 cm³/mol. The van der Waals surface area contributed by atoms with Crippen molar-refractivity contribution < 1.29 is 38.4 Å². The van der Waals surface area contributed by atoms with Crippen LogP contribution in [0.3, 0.4) is 0 Å². The average Bonchev–Trinajstić information content (AvgIpc) is 2.75. The summed E-state index contributed by atoms with van der Waals surface area (Å²) in [5, 5.41) is 10.00. The fourth-order valence-corrected chi connectivity index (χ4v) is 2.25. The number of benzene rings is 1. The van der Waals surface area contributed by atoms with Gasteiger partial charge in [-0.15, -0.1) is 0 Å². The fourth-order valence-electron chi connectivity index (χ4n) is 2.25. The van der Waals surface area contributed by atoms with Gasteiger partial charge in [-0.25, -0.2) is 9.59 Å². The first-order chi connectivity index (χ1) is 14.5. The van der Waals surface area contributed by atoms with Crippen molar-refractivity contribution in [2.75, 3.05) is 40.1 Å². The molecule has 8 nitrogen and oxygen atoms in total. The lowest BCUT2D eigenvalue weighted by molar-refractivity contribution is -0.138. The topological polar surface area (TPSA) is 101 Å². The molecule has 1 aromatic carbocycles. The van der Waals surface area contributed by atoms with Crippen LogP contribution in [0.1, 0.15) is 25.3 Å². The van der Waals surface area contributed by atoms with Crippen molar-refractivity contribution in [3.8, 4) is 11.5 Å². The Labute approximate surface area is 177 Å². The molecule has 1 atom stereocenters. The van der Waals surface area contributed by atoms with E-state index in [0.717, 1.165) is 11.6 Å². The first-order valence-corrected chi connectivity index (χ1v) is 9.70. The molecule has 30 heavy (non-hydrogen) atoms. The van der Waals surface area contributed by atoms with Gasteiger partial charge in [0.1, 0.15) is 12.7 Å². The highest BCUT2D eigenvalue weighted by Crippen LogP contribution is 2.28. The van der Waals surface area contributed by atoms with Gasteiger partial charge in [-0.05, 0) is 43.5 Å². The van der Waals surface area contributed by atoms with Crippen molar-refractivity contribution in [3.63, 3.8) is 0 Å². The normalized spacial score (nSPS) is 11.7. The van der Waals surface area contributed by atoms with Gasteiger partial charge in [-0.3, -0.25) is 0 Å². The lowest BCUT2D eigenvalue weighted by atomic mass is 10.2. The van der Waals surface area contributed by atoms with Gasteiger partial charge in [0.05, 0.1) is 26.9 Å². The Morgan fingerprint density at radius 1 is 1.10 bits per heavy atom. The predicted octanol–water partition coefficient (Wildman–Crippen LogP) is 2.54. The zero-order valence-corrected chi connectivity index (χ0v) is 17.5. The van der Waals surface area contributed by atoms with Crippen molar-refractivity contribution in [1.29, 1.82) is 0 Å². The third-order valence-electron chi connectivity index (χ3n) is 3.72. The molecule has 1 rings (SSSR count). The molecule has 0 saturated carbocycles. The summed E-state index contributed by atoms with van der Waals surface area (Å²) in [4.78, 5) is 22.3. The molecule has 0 aliphatic carbocycles. The first-order valence-electron chi connectivity index (χ1n) is 9.70. The van der Waals surface area contributed by atoms with Crippen molar-refractivity contribution >= 4 is 18.0 Å². The lowest BCUT2D eigenvalue weighted by Gasteiger charge is -2.15. The van der Waals surface area contributed by atoms with Crippen LogP contribution in [-0.4, -0.2) is 63.3 Å². The van der Waals surface area contributed by atoms with Crippen molar-refractivity contribution in [2.24, 2.45) is 0 Å². The zero-order valence-electron chi connectivity index (χ0n) is 17.5. The van der Waals surface area contributed by atoms with Gasteiger partial charge in [0.15, 0.2) is 11.5 Å². The van der Waals surface area contributed by atoms with E-state index in [1.807, 2.05) is 0 Å². The zero-order chi connectivity index (χ0) is 22.2. The quantitative estimate of drug-likeness (QED) is 0.261. The number of ether oxygens (including phenoxy) is 5. The van der Waals surface area contributed by atoms with Crippen LogP contribution in [0.25, 0.3) is 6.08 Å². The second kappa shape index (κ2) is 15.1. The van der Waals surface area contributed by atoms with Gasteiger partial charge < -0.3 is 28.8 Å². The Bertz CT molecular complexity index is 698. The number of hydrogen-bond donors (Lipinski definition) is 1. The molecule has 0 aromatic heterocycles. The number of rotatable bonds is 15. The third-order valence-corrected chi connectivity index (χ3v) is 3.72. The highest BCUT2D eigenvalue weighted by molar-refractivity contribution is 5.87. The molecule has 8 heteroatoms. The monoisotopic (exact) mass is 422 g/mol. The molecule has 0 saturated heterocycles. The van der Waals surface area contributed by atoms with E-state index >= 15 is 0 Å². The Balaban J connectivity index is 2.34. The number of hydrogen-bond acceptors (Lipinski definition) is 8. The first kappa shape index (κ1) is 25.2. The molecule has 0 amide bonds. The minimum atomic E-state index is -0.809. The maximum absolute atomic E-state index is 11.4. The van der Waals surface area contributed by atoms with Crippen molar-refractivity contribution in [1.82, 2.24) is 0 Å². The fraction of sp³-hybridized carbons (Fsp3) is 0.455. The van der Waals surface area contributed by atoms with Crippen LogP contribution >= 0.6 is 0 Å². The number of unbranched alkanes of at least 4 members (excludes halogenated alkanes) is 1. The SMILES string of the molecule is C=CC(=O)OCCCCOCC(O)COc1ccc(/C=C/C(=O)OCC)cc1OC. The molecule has 1 aromatic rings. The minimum Gasteiger partial charge on any atom is -0.493 e. The molecule has 0 bridgehead atoms. The van der Waals surface area contributed by atoms with E-state index in [9.17, 15) is 14.7 Å². The summed E-state index contributed by atoms with van der Waals surface area (Å²) < 4.78 is 26.0. The Hall–Kier alpha value is -2.84. The van der Waals surface area contributed by atoms with Gasteiger partial charge >= 0.3 is 11.9 Å². The molecule has 0 radical (unpaired) electrons. The molecular weight excluding hydrogens is 392 g/mol. The highest BCUT2D eigenvalue weighted by atomic mass is 16.5. The van der Waals surface area contributed by atoms with Crippen molar-refractivity contribution in [2.45, 2.75) is 25.9 Å². The Kier molecular flexibility index (Phi) is 12.6. The van der Waals surface area contributed by atoms with E-state index in [-0.39, 0.29) is 13.2 Å². The van der Waals surface area contributed by atoms with Crippen LogP contribution in [0, 0.1) is 0 Å². The second-order valence-corrected chi connectivity index (χ2v) is 6.11. The Morgan fingerprint density at radius 2 is 1.87 bits per heavy atom. The van der Waals surface area contributed by atoms with Crippen LogP contribution in [-0.2, 0) is 23.8 Å². The lowest BCUT2D eigenvalue weighted by Crippen LogP contribution is -2.24.